The second-order valence-corrected chi connectivity index (χ2v) is 4.10. The van der Waals surface area contributed by atoms with Gasteiger partial charge in [-0.1, -0.05) is 36.4 Å². The first-order chi connectivity index (χ1) is 9.74. The molecule has 0 aliphatic heterocycles. The Hall–Kier alpha value is -2.69. The van der Waals surface area contributed by atoms with E-state index in [1.54, 1.807) is 30.5 Å². The lowest BCUT2D eigenvalue weighted by atomic mass is 10.2. The Labute approximate surface area is 116 Å². The lowest BCUT2D eigenvalue weighted by Crippen LogP contribution is -2.27. The molecule has 0 saturated heterocycles. The molecular weight excluding hydrogens is 256 g/mol. The summed E-state index contributed by atoms with van der Waals surface area (Å²) in [5, 5.41) is 2.47. The van der Waals surface area contributed by atoms with Crippen LogP contribution in [0.5, 0.6) is 0 Å². The van der Waals surface area contributed by atoms with Crippen LogP contribution in [0.15, 0.2) is 54.7 Å². The van der Waals surface area contributed by atoms with Gasteiger partial charge >= 0.3 is 12.1 Å². The van der Waals surface area contributed by atoms with Crippen LogP contribution in [0, 0.1) is 0 Å². The van der Waals surface area contributed by atoms with Gasteiger partial charge in [0.05, 0.1) is 18.7 Å². The molecule has 20 heavy (non-hydrogen) atoms. The highest BCUT2D eigenvalue weighted by atomic mass is 16.6. The van der Waals surface area contributed by atoms with Crippen molar-refractivity contribution in [2.45, 2.75) is 13.0 Å². The number of hydrogen-bond donors (Lipinski definition) is 1. The van der Waals surface area contributed by atoms with Crippen LogP contribution in [-0.4, -0.2) is 17.0 Å². The standard InChI is InChI=1S/C15H14N2O3/c18-14(10-12-6-2-1-3-7-12)20-15(19)17-11-13-8-4-5-9-16-13/h1-9H,10-11H2,(H,17,19). The van der Waals surface area contributed by atoms with Crippen molar-refractivity contribution >= 4 is 12.1 Å². The molecule has 5 nitrogen and oxygen atoms in total. The summed E-state index contributed by atoms with van der Waals surface area (Å²) in [6.07, 6.45) is 0.928. The Kier molecular flexibility index (Phi) is 4.83. The molecule has 102 valence electrons. The summed E-state index contributed by atoms with van der Waals surface area (Å²) < 4.78 is 4.66. The molecule has 1 amide bonds. The third kappa shape index (κ3) is 4.53. The molecule has 2 aromatic rings. The van der Waals surface area contributed by atoms with Crippen LogP contribution in [0.4, 0.5) is 4.79 Å². The zero-order chi connectivity index (χ0) is 14.2. The number of aromatic nitrogens is 1. The maximum absolute atomic E-state index is 11.5. The van der Waals surface area contributed by atoms with Crippen LogP contribution >= 0.6 is 0 Å². The number of hydrogen-bond acceptors (Lipinski definition) is 4. The summed E-state index contributed by atoms with van der Waals surface area (Å²) in [6, 6.07) is 14.5. The number of ether oxygens (including phenoxy) is 1. The predicted octanol–water partition coefficient (Wildman–Crippen LogP) is 2.08. The van der Waals surface area contributed by atoms with Crippen molar-refractivity contribution < 1.29 is 14.3 Å². The van der Waals surface area contributed by atoms with Gasteiger partial charge in [-0.05, 0) is 17.7 Å². The molecule has 1 aromatic carbocycles. The minimum atomic E-state index is -0.767. The van der Waals surface area contributed by atoms with Gasteiger partial charge in [0, 0.05) is 6.20 Å². The molecule has 5 heteroatoms. The van der Waals surface area contributed by atoms with Crippen molar-refractivity contribution in [3.8, 4) is 0 Å². The van der Waals surface area contributed by atoms with Gasteiger partial charge < -0.3 is 10.1 Å². The molecule has 2 rings (SSSR count). The molecule has 0 aliphatic carbocycles. The van der Waals surface area contributed by atoms with E-state index in [4.69, 9.17) is 0 Å². The van der Waals surface area contributed by atoms with E-state index in [2.05, 4.69) is 15.0 Å². The number of carbonyl (C=O) groups is 2. The number of benzene rings is 1. The van der Waals surface area contributed by atoms with Crippen LogP contribution in [0.25, 0.3) is 0 Å². The molecule has 1 N–H and O–H groups in total. The SMILES string of the molecule is O=C(Cc1ccccc1)OC(=O)NCc1ccccn1. The van der Waals surface area contributed by atoms with E-state index >= 15 is 0 Å². The van der Waals surface area contributed by atoms with Gasteiger partial charge in [0.2, 0.25) is 0 Å². The number of rotatable bonds is 4. The van der Waals surface area contributed by atoms with Crippen molar-refractivity contribution in [3.05, 3.63) is 66.0 Å². The molecule has 1 heterocycles. The van der Waals surface area contributed by atoms with Crippen molar-refractivity contribution in [1.82, 2.24) is 10.3 Å². The van der Waals surface area contributed by atoms with Crippen molar-refractivity contribution in [3.63, 3.8) is 0 Å². The third-order valence-corrected chi connectivity index (χ3v) is 2.54. The van der Waals surface area contributed by atoms with E-state index in [-0.39, 0.29) is 13.0 Å². The molecule has 0 saturated carbocycles. The zero-order valence-corrected chi connectivity index (χ0v) is 10.8. The predicted molar refractivity (Wildman–Crippen MR) is 72.7 cm³/mol. The van der Waals surface area contributed by atoms with Gasteiger partial charge in [0.25, 0.3) is 0 Å². The maximum atomic E-state index is 11.5. The van der Waals surface area contributed by atoms with Crippen molar-refractivity contribution in [2.24, 2.45) is 0 Å². The first kappa shape index (κ1) is 13.7. The van der Waals surface area contributed by atoms with Crippen LogP contribution in [-0.2, 0) is 22.5 Å². The number of alkyl carbamates (subject to hydrolysis) is 1. The third-order valence-electron chi connectivity index (χ3n) is 2.54. The van der Waals surface area contributed by atoms with Gasteiger partial charge in [-0.3, -0.25) is 9.78 Å². The van der Waals surface area contributed by atoms with Gasteiger partial charge in [0.15, 0.2) is 0 Å². The Morgan fingerprint density at radius 2 is 1.80 bits per heavy atom. The van der Waals surface area contributed by atoms with Crippen molar-refractivity contribution in [2.75, 3.05) is 0 Å². The van der Waals surface area contributed by atoms with Gasteiger partial charge in [-0.2, -0.15) is 0 Å². The van der Waals surface area contributed by atoms with Gasteiger partial charge in [-0.25, -0.2) is 4.79 Å². The maximum Gasteiger partial charge on any atom is 0.415 e. The fraction of sp³-hybridized carbons (Fsp3) is 0.133. The van der Waals surface area contributed by atoms with Crippen LogP contribution < -0.4 is 5.32 Å². The van der Waals surface area contributed by atoms with E-state index in [0.29, 0.717) is 5.69 Å². The highest BCUT2D eigenvalue weighted by molar-refractivity contribution is 5.85. The Morgan fingerprint density at radius 3 is 2.50 bits per heavy atom. The number of pyridine rings is 1. The Bertz CT molecular complexity index is 570. The second-order valence-electron chi connectivity index (χ2n) is 4.10. The number of amides is 1. The quantitative estimate of drug-likeness (QED) is 0.682. The summed E-state index contributed by atoms with van der Waals surface area (Å²) in [5.41, 5.74) is 1.50. The van der Waals surface area contributed by atoms with E-state index in [1.165, 1.54) is 0 Å². The minimum Gasteiger partial charge on any atom is -0.376 e. The number of carbonyl (C=O) groups excluding carboxylic acids is 2. The highest BCUT2D eigenvalue weighted by Crippen LogP contribution is 2.01. The molecule has 0 unspecified atom stereocenters. The Morgan fingerprint density at radius 1 is 1.05 bits per heavy atom. The molecular formula is C15H14N2O3. The number of nitrogens with zero attached hydrogens (tertiary/aromatic N) is 1. The molecule has 0 bridgehead atoms. The summed E-state index contributed by atoms with van der Waals surface area (Å²) in [6.45, 7) is 0.221. The topological polar surface area (TPSA) is 68.3 Å². The monoisotopic (exact) mass is 270 g/mol. The molecule has 0 fully saturated rings. The highest BCUT2D eigenvalue weighted by Gasteiger charge is 2.10. The van der Waals surface area contributed by atoms with Crippen molar-refractivity contribution in [1.29, 1.82) is 0 Å². The summed E-state index contributed by atoms with van der Waals surface area (Å²) in [4.78, 5) is 27.0. The molecule has 0 aliphatic rings. The summed E-state index contributed by atoms with van der Waals surface area (Å²) >= 11 is 0. The van der Waals surface area contributed by atoms with Crippen LogP contribution in [0.1, 0.15) is 11.3 Å². The average Bonchev–Trinajstić information content (AvgIpc) is 2.47. The minimum absolute atomic E-state index is 0.0673. The lowest BCUT2D eigenvalue weighted by Gasteiger charge is -2.05. The lowest BCUT2D eigenvalue weighted by molar-refractivity contribution is -0.136. The number of nitrogens with one attached hydrogen (secondary N) is 1. The zero-order valence-electron chi connectivity index (χ0n) is 10.8. The first-order valence-corrected chi connectivity index (χ1v) is 6.16. The number of esters is 1. The largest absolute Gasteiger partial charge is 0.415 e. The molecule has 0 radical (unpaired) electrons. The fourth-order valence-corrected chi connectivity index (χ4v) is 1.60. The average molecular weight is 270 g/mol. The van der Waals surface area contributed by atoms with Crippen LogP contribution in [0.3, 0.4) is 0 Å². The fourth-order valence-electron chi connectivity index (χ4n) is 1.60. The second kappa shape index (κ2) is 7.04. The first-order valence-electron chi connectivity index (χ1n) is 6.16. The summed E-state index contributed by atoms with van der Waals surface area (Å²) in [7, 11) is 0. The molecule has 0 spiro atoms. The smallest absolute Gasteiger partial charge is 0.376 e. The molecule has 0 atom stereocenters. The van der Waals surface area contributed by atoms with E-state index in [1.807, 2.05) is 24.3 Å². The van der Waals surface area contributed by atoms with E-state index in [9.17, 15) is 9.59 Å². The van der Waals surface area contributed by atoms with E-state index in [0.717, 1.165) is 5.56 Å². The van der Waals surface area contributed by atoms with Gasteiger partial charge in [-0.15, -0.1) is 0 Å². The summed E-state index contributed by atoms with van der Waals surface area (Å²) in [5.74, 6) is -0.588. The van der Waals surface area contributed by atoms with Crippen LogP contribution in [0.2, 0.25) is 0 Å². The van der Waals surface area contributed by atoms with Gasteiger partial charge in [0.1, 0.15) is 0 Å². The molecule has 1 aromatic heterocycles. The Balaban J connectivity index is 1.75. The van der Waals surface area contributed by atoms with E-state index < -0.39 is 12.1 Å². The normalized spacial score (nSPS) is 9.80.